The fourth-order valence-corrected chi connectivity index (χ4v) is 4.02. The van der Waals surface area contributed by atoms with Crippen LogP contribution in [0.25, 0.3) is 0 Å². The molecule has 1 N–H and O–H groups in total. The van der Waals surface area contributed by atoms with Crippen LogP contribution in [0.5, 0.6) is 11.6 Å². The molecule has 1 unspecified atom stereocenters. The first-order valence-corrected chi connectivity index (χ1v) is 11.0. The Bertz CT molecular complexity index is 1120. The summed E-state index contributed by atoms with van der Waals surface area (Å²) in [6.45, 7) is 0.972. The number of hydrogen-bond donors (Lipinski definition) is 1. The van der Waals surface area contributed by atoms with Gasteiger partial charge in [0.25, 0.3) is 5.91 Å². The summed E-state index contributed by atoms with van der Waals surface area (Å²) < 4.78 is 23.8. The number of halogens is 1. The van der Waals surface area contributed by atoms with Crippen LogP contribution in [0, 0.1) is 11.7 Å². The summed E-state index contributed by atoms with van der Waals surface area (Å²) in [5.74, 6) is 0.139. The molecule has 0 aliphatic carbocycles. The number of nitrogens with zero attached hydrogens (tertiary/aromatic N) is 3. The van der Waals surface area contributed by atoms with Gasteiger partial charge in [0, 0.05) is 43.3 Å². The third-order valence-electron chi connectivity index (χ3n) is 5.85. The van der Waals surface area contributed by atoms with Crippen LogP contribution in [0.2, 0.25) is 0 Å². The summed E-state index contributed by atoms with van der Waals surface area (Å²) >= 11 is 0. The van der Waals surface area contributed by atoms with Gasteiger partial charge < -0.3 is 19.7 Å². The molecule has 1 atom stereocenters. The Morgan fingerprint density at radius 1 is 1.06 bits per heavy atom. The van der Waals surface area contributed by atoms with Gasteiger partial charge in [0.05, 0.1) is 13.2 Å². The monoisotopic (exact) mass is 464 g/mol. The van der Waals surface area contributed by atoms with Crippen molar-refractivity contribution >= 4 is 12.0 Å². The summed E-state index contributed by atoms with van der Waals surface area (Å²) in [4.78, 5) is 35.2. The SMILES string of the molecule is COc1cc(OC(=O)N2CCC(C(NC(=O)c3ccc(F)cc3)c3ccncc3)CC2)ccn1. The average molecular weight is 464 g/mol. The van der Waals surface area contributed by atoms with E-state index in [0.717, 1.165) is 5.56 Å². The van der Waals surface area contributed by atoms with Gasteiger partial charge in [0.1, 0.15) is 11.6 Å². The highest BCUT2D eigenvalue weighted by Crippen LogP contribution is 2.31. The van der Waals surface area contributed by atoms with E-state index in [9.17, 15) is 14.0 Å². The molecule has 9 heteroatoms. The van der Waals surface area contributed by atoms with Crippen molar-refractivity contribution in [3.63, 3.8) is 0 Å². The van der Waals surface area contributed by atoms with Crippen LogP contribution in [0.1, 0.15) is 34.8 Å². The van der Waals surface area contributed by atoms with Crippen LogP contribution in [-0.2, 0) is 0 Å². The molecule has 0 spiro atoms. The number of nitrogens with one attached hydrogen (secondary N) is 1. The van der Waals surface area contributed by atoms with E-state index in [-0.39, 0.29) is 17.9 Å². The number of ether oxygens (including phenoxy) is 2. The molecule has 2 amide bonds. The molecule has 3 heterocycles. The fraction of sp³-hybridized carbons (Fsp3) is 0.280. The van der Waals surface area contributed by atoms with E-state index in [1.807, 2.05) is 12.1 Å². The molecule has 176 valence electrons. The van der Waals surface area contributed by atoms with Crippen molar-refractivity contribution in [1.82, 2.24) is 20.2 Å². The predicted octanol–water partition coefficient (Wildman–Crippen LogP) is 4.01. The van der Waals surface area contributed by atoms with Gasteiger partial charge in [-0.15, -0.1) is 0 Å². The van der Waals surface area contributed by atoms with Crippen molar-refractivity contribution in [3.8, 4) is 11.6 Å². The van der Waals surface area contributed by atoms with Gasteiger partial charge >= 0.3 is 6.09 Å². The number of rotatable bonds is 6. The molecule has 1 saturated heterocycles. The van der Waals surface area contributed by atoms with Gasteiger partial charge in [-0.25, -0.2) is 14.2 Å². The highest BCUT2D eigenvalue weighted by atomic mass is 19.1. The zero-order chi connectivity index (χ0) is 23.9. The molecular weight excluding hydrogens is 439 g/mol. The molecule has 1 fully saturated rings. The molecule has 34 heavy (non-hydrogen) atoms. The van der Waals surface area contributed by atoms with Crippen LogP contribution in [0.15, 0.2) is 67.1 Å². The first-order valence-electron chi connectivity index (χ1n) is 11.0. The highest BCUT2D eigenvalue weighted by molar-refractivity contribution is 5.94. The van der Waals surface area contributed by atoms with Gasteiger partial charge in [-0.3, -0.25) is 9.78 Å². The minimum Gasteiger partial charge on any atom is -0.481 e. The summed E-state index contributed by atoms with van der Waals surface area (Å²) in [6.07, 6.45) is 5.78. The van der Waals surface area contributed by atoms with Crippen LogP contribution < -0.4 is 14.8 Å². The molecule has 3 aromatic rings. The molecule has 1 aliphatic rings. The summed E-state index contributed by atoms with van der Waals surface area (Å²) in [7, 11) is 1.49. The number of benzene rings is 1. The number of likely N-dealkylation sites (tertiary alicyclic amines) is 1. The summed E-state index contributed by atoms with van der Waals surface area (Å²) in [5.41, 5.74) is 1.31. The van der Waals surface area contributed by atoms with E-state index in [2.05, 4.69) is 15.3 Å². The smallest absolute Gasteiger partial charge is 0.415 e. The number of methoxy groups -OCH3 is 1. The normalized spacial score (nSPS) is 14.8. The van der Waals surface area contributed by atoms with E-state index in [1.165, 1.54) is 37.6 Å². The number of pyridine rings is 2. The Hall–Kier alpha value is -4.01. The lowest BCUT2D eigenvalue weighted by Gasteiger charge is -2.36. The van der Waals surface area contributed by atoms with Crippen molar-refractivity contribution in [2.45, 2.75) is 18.9 Å². The molecule has 2 aromatic heterocycles. The number of amides is 2. The maximum Gasteiger partial charge on any atom is 0.415 e. The Balaban J connectivity index is 1.41. The van der Waals surface area contributed by atoms with E-state index < -0.39 is 11.9 Å². The number of hydrogen-bond acceptors (Lipinski definition) is 6. The number of carbonyl (C=O) groups is 2. The van der Waals surface area contributed by atoms with E-state index in [1.54, 1.807) is 29.4 Å². The van der Waals surface area contributed by atoms with E-state index in [0.29, 0.717) is 43.1 Å². The maximum absolute atomic E-state index is 13.3. The molecule has 1 aromatic carbocycles. The molecule has 0 radical (unpaired) electrons. The second-order valence-corrected chi connectivity index (χ2v) is 7.96. The fourth-order valence-electron chi connectivity index (χ4n) is 4.02. The summed E-state index contributed by atoms with van der Waals surface area (Å²) in [5, 5.41) is 3.09. The van der Waals surface area contributed by atoms with Crippen molar-refractivity contribution in [2.75, 3.05) is 20.2 Å². The maximum atomic E-state index is 13.3. The van der Waals surface area contributed by atoms with Crippen molar-refractivity contribution in [2.24, 2.45) is 5.92 Å². The lowest BCUT2D eigenvalue weighted by Crippen LogP contribution is -2.44. The third-order valence-corrected chi connectivity index (χ3v) is 5.85. The number of piperidine rings is 1. The second-order valence-electron chi connectivity index (χ2n) is 7.96. The number of carbonyl (C=O) groups excluding carboxylic acids is 2. The Labute approximate surface area is 196 Å². The lowest BCUT2D eigenvalue weighted by atomic mass is 9.85. The molecular formula is C25H25FN4O4. The van der Waals surface area contributed by atoms with Gasteiger partial charge in [0.15, 0.2) is 0 Å². The Morgan fingerprint density at radius 3 is 2.44 bits per heavy atom. The quantitative estimate of drug-likeness (QED) is 0.593. The highest BCUT2D eigenvalue weighted by Gasteiger charge is 2.31. The van der Waals surface area contributed by atoms with Crippen molar-refractivity contribution in [1.29, 1.82) is 0 Å². The minimum atomic E-state index is -0.442. The van der Waals surface area contributed by atoms with Crippen LogP contribution in [-0.4, -0.2) is 47.1 Å². The zero-order valence-corrected chi connectivity index (χ0v) is 18.7. The second kappa shape index (κ2) is 10.7. The largest absolute Gasteiger partial charge is 0.481 e. The number of aromatic nitrogens is 2. The zero-order valence-electron chi connectivity index (χ0n) is 18.7. The molecule has 8 nitrogen and oxygen atoms in total. The van der Waals surface area contributed by atoms with E-state index in [4.69, 9.17) is 9.47 Å². The average Bonchev–Trinajstić information content (AvgIpc) is 2.88. The van der Waals surface area contributed by atoms with Crippen LogP contribution in [0.3, 0.4) is 0 Å². The molecule has 4 rings (SSSR count). The van der Waals surface area contributed by atoms with Gasteiger partial charge in [-0.2, -0.15) is 0 Å². The van der Waals surface area contributed by atoms with Gasteiger partial charge in [-0.1, -0.05) is 0 Å². The standard InChI is InChI=1S/C25H25FN4O4/c1-33-22-16-21(8-13-28-22)34-25(32)30-14-9-18(10-15-30)23(17-6-11-27-12-7-17)29-24(31)19-2-4-20(26)5-3-19/h2-8,11-13,16,18,23H,9-10,14-15H2,1H3,(H,29,31). The molecule has 1 aliphatic heterocycles. The van der Waals surface area contributed by atoms with Gasteiger partial charge in [-0.05, 0) is 66.8 Å². The van der Waals surface area contributed by atoms with Crippen molar-refractivity contribution < 1.29 is 23.5 Å². The predicted molar refractivity (Wildman–Crippen MR) is 122 cm³/mol. The van der Waals surface area contributed by atoms with Crippen LogP contribution in [0.4, 0.5) is 9.18 Å². The summed E-state index contributed by atoms with van der Waals surface area (Å²) in [6, 6.07) is 12.1. The van der Waals surface area contributed by atoms with Gasteiger partial charge in [0.2, 0.25) is 5.88 Å². The first-order chi connectivity index (χ1) is 16.5. The first kappa shape index (κ1) is 23.2. The minimum absolute atomic E-state index is 0.0943. The lowest BCUT2D eigenvalue weighted by molar-refractivity contribution is 0.0885. The molecule has 0 saturated carbocycles. The molecule has 0 bridgehead atoms. The third kappa shape index (κ3) is 5.67. The van der Waals surface area contributed by atoms with Crippen LogP contribution >= 0.6 is 0 Å². The Morgan fingerprint density at radius 2 is 1.76 bits per heavy atom. The Kier molecular flexibility index (Phi) is 7.31. The topological polar surface area (TPSA) is 93.7 Å². The van der Waals surface area contributed by atoms with Crippen molar-refractivity contribution in [3.05, 3.63) is 84.1 Å². The van der Waals surface area contributed by atoms with E-state index >= 15 is 0 Å².